The lowest BCUT2D eigenvalue weighted by Crippen LogP contribution is -2.13. The second kappa shape index (κ2) is 8.38. The molecule has 2 N–H and O–H groups in total. The number of benzene rings is 4. The van der Waals surface area contributed by atoms with Crippen molar-refractivity contribution >= 4 is 38.9 Å². The van der Waals surface area contributed by atoms with E-state index in [0.29, 0.717) is 11.2 Å². The molecule has 0 bridgehead atoms. The summed E-state index contributed by atoms with van der Waals surface area (Å²) in [6.07, 6.45) is 0. The average molecular weight is 425 g/mol. The van der Waals surface area contributed by atoms with E-state index in [9.17, 15) is 5.11 Å². The van der Waals surface area contributed by atoms with Gasteiger partial charge in [0.05, 0.1) is 18.3 Å². The molecule has 0 saturated heterocycles. The summed E-state index contributed by atoms with van der Waals surface area (Å²) in [5, 5.41) is 13.7. The maximum Gasteiger partial charge on any atom is 0.164 e. The summed E-state index contributed by atoms with van der Waals surface area (Å²) in [6.45, 7) is 2.24. The number of nitrogens with one attached hydrogen (secondary N) is 1. The van der Waals surface area contributed by atoms with Crippen molar-refractivity contribution in [2.24, 2.45) is 0 Å². The third-order valence-electron chi connectivity index (χ3n) is 5.75. The molecule has 0 atom stereocenters. The Bertz CT molecular complexity index is 1340. The van der Waals surface area contributed by atoms with Crippen LogP contribution in [0.15, 0.2) is 84.9 Å². The Balaban J connectivity index is 1.85. The summed E-state index contributed by atoms with van der Waals surface area (Å²) >= 11 is 0. The van der Waals surface area contributed by atoms with E-state index in [0.717, 1.165) is 38.8 Å². The zero-order chi connectivity index (χ0) is 22.1. The number of fused-ring (bicyclic) bond motifs is 3. The van der Waals surface area contributed by atoms with E-state index >= 15 is 0 Å². The molecule has 0 aliphatic carbocycles. The van der Waals surface area contributed by atoms with Gasteiger partial charge in [0.1, 0.15) is 6.61 Å². The minimum Gasteiger partial charge on any atom is -0.504 e. The van der Waals surface area contributed by atoms with Crippen LogP contribution in [0.4, 0.5) is 17.1 Å². The predicted molar refractivity (Wildman–Crippen MR) is 129 cm³/mol. The van der Waals surface area contributed by atoms with Crippen LogP contribution in [0.25, 0.3) is 21.8 Å². The van der Waals surface area contributed by atoms with Crippen LogP contribution in [0.3, 0.4) is 0 Å². The lowest BCUT2D eigenvalue weighted by molar-refractivity contribution is -0.282. The fourth-order valence-electron chi connectivity index (χ4n) is 4.28. The van der Waals surface area contributed by atoms with Gasteiger partial charge in [-0.15, -0.1) is 0 Å². The van der Waals surface area contributed by atoms with Gasteiger partial charge in [0.15, 0.2) is 5.75 Å². The molecule has 0 spiro atoms. The third-order valence-corrected chi connectivity index (χ3v) is 5.75. The lowest BCUT2D eigenvalue weighted by Gasteiger charge is -2.28. The molecule has 0 saturated carbocycles. The highest BCUT2D eigenvalue weighted by molar-refractivity contribution is 6.12. The van der Waals surface area contributed by atoms with Gasteiger partial charge in [0.25, 0.3) is 0 Å². The normalized spacial score (nSPS) is 11.3. The molecule has 0 unspecified atom stereocenters. The first-order valence-corrected chi connectivity index (χ1v) is 10.5. The van der Waals surface area contributed by atoms with Crippen LogP contribution in [0.5, 0.6) is 5.75 Å². The van der Waals surface area contributed by atoms with Gasteiger partial charge in [0.2, 0.25) is 0 Å². The Labute approximate surface area is 186 Å². The van der Waals surface area contributed by atoms with Crippen LogP contribution in [0.2, 0.25) is 0 Å². The van der Waals surface area contributed by atoms with Crippen LogP contribution < -0.4 is 4.90 Å². The first-order chi connectivity index (χ1) is 15.7. The molecule has 32 heavy (non-hydrogen) atoms. The van der Waals surface area contributed by atoms with E-state index in [1.54, 1.807) is 0 Å². The molecule has 160 valence electrons. The quantitative estimate of drug-likeness (QED) is 0.230. The number of phenolic OH excluding ortho intramolecular Hbond substituents is 1. The number of hydrogen-bond acceptors (Lipinski definition) is 4. The molecule has 0 amide bonds. The van der Waals surface area contributed by atoms with Crippen molar-refractivity contribution in [1.82, 2.24) is 4.98 Å². The summed E-state index contributed by atoms with van der Waals surface area (Å²) in [7, 11) is 1.49. The second-order valence-corrected chi connectivity index (χ2v) is 7.71. The van der Waals surface area contributed by atoms with Crippen molar-refractivity contribution in [3.05, 3.63) is 96.1 Å². The molecular weight excluding hydrogens is 400 g/mol. The van der Waals surface area contributed by atoms with Crippen molar-refractivity contribution in [2.45, 2.75) is 13.5 Å². The number of nitrogens with zero attached hydrogens (tertiary/aromatic N) is 1. The Morgan fingerprint density at radius 3 is 2.09 bits per heavy atom. The molecule has 5 heteroatoms. The summed E-state index contributed by atoms with van der Waals surface area (Å²) in [5.41, 5.74) is 6.15. The van der Waals surface area contributed by atoms with Crippen molar-refractivity contribution in [2.75, 3.05) is 12.0 Å². The fraction of sp³-hybridized carbons (Fsp3) is 0.111. The van der Waals surface area contributed by atoms with E-state index in [-0.39, 0.29) is 12.4 Å². The largest absolute Gasteiger partial charge is 0.504 e. The highest BCUT2D eigenvalue weighted by Gasteiger charge is 2.24. The number of para-hydroxylation sites is 3. The van der Waals surface area contributed by atoms with Crippen LogP contribution in [0, 0.1) is 6.92 Å². The third kappa shape index (κ3) is 3.38. The van der Waals surface area contributed by atoms with Crippen LogP contribution >= 0.6 is 0 Å². The van der Waals surface area contributed by atoms with Gasteiger partial charge in [-0.3, -0.25) is 0 Å². The summed E-state index contributed by atoms with van der Waals surface area (Å²) in [6, 6.07) is 28.2. The minimum absolute atomic E-state index is 0.167. The van der Waals surface area contributed by atoms with E-state index in [1.807, 2.05) is 71.6 Å². The summed E-state index contributed by atoms with van der Waals surface area (Å²) in [5.74, 6) is 0.167. The van der Waals surface area contributed by atoms with Gasteiger partial charge in [0, 0.05) is 33.2 Å². The zero-order valence-corrected chi connectivity index (χ0v) is 18.0. The van der Waals surface area contributed by atoms with Crippen LogP contribution in [-0.4, -0.2) is 17.2 Å². The first kappa shape index (κ1) is 20.1. The van der Waals surface area contributed by atoms with Crippen molar-refractivity contribution in [3.63, 3.8) is 0 Å². The second-order valence-electron chi connectivity index (χ2n) is 7.71. The summed E-state index contributed by atoms with van der Waals surface area (Å²) in [4.78, 5) is 15.8. The number of H-pyrrole nitrogens is 1. The van der Waals surface area contributed by atoms with Crippen LogP contribution in [-0.2, 0) is 16.4 Å². The highest BCUT2D eigenvalue weighted by Crippen LogP contribution is 2.47. The van der Waals surface area contributed by atoms with Gasteiger partial charge in [-0.1, -0.05) is 54.6 Å². The Kier molecular flexibility index (Phi) is 5.27. The molecule has 1 aromatic heterocycles. The molecule has 5 nitrogen and oxygen atoms in total. The van der Waals surface area contributed by atoms with Crippen molar-refractivity contribution < 1.29 is 14.9 Å². The van der Waals surface area contributed by atoms with E-state index in [4.69, 9.17) is 9.78 Å². The SMILES string of the molecule is COOCc1cc2c([nH]c3c(C)cccc32)c(O)c1N(c1ccccc1)c1ccccc1. The maximum absolute atomic E-state index is 11.6. The minimum atomic E-state index is 0.167. The maximum atomic E-state index is 11.6. The molecule has 0 aliphatic rings. The number of aryl methyl sites for hydroxylation is 1. The Morgan fingerprint density at radius 1 is 0.812 bits per heavy atom. The molecule has 5 rings (SSSR count). The van der Waals surface area contributed by atoms with Gasteiger partial charge >= 0.3 is 0 Å². The van der Waals surface area contributed by atoms with Crippen LogP contribution in [0.1, 0.15) is 11.1 Å². The zero-order valence-electron chi connectivity index (χ0n) is 18.0. The molecule has 0 aliphatic heterocycles. The fourth-order valence-corrected chi connectivity index (χ4v) is 4.28. The molecular formula is C27H24N2O3. The monoisotopic (exact) mass is 424 g/mol. The predicted octanol–water partition coefficient (Wildman–Crippen LogP) is 6.88. The Hall–Kier alpha value is -3.80. The Morgan fingerprint density at radius 2 is 1.47 bits per heavy atom. The summed E-state index contributed by atoms with van der Waals surface area (Å²) < 4.78 is 0. The van der Waals surface area contributed by atoms with E-state index < -0.39 is 0 Å². The lowest BCUT2D eigenvalue weighted by atomic mass is 10.0. The molecule has 5 aromatic rings. The van der Waals surface area contributed by atoms with E-state index in [2.05, 4.69) is 30.1 Å². The topological polar surface area (TPSA) is 57.7 Å². The number of anilines is 3. The number of hydrogen-bond donors (Lipinski definition) is 2. The first-order valence-electron chi connectivity index (χ1n) is 10.5. The van der Waals surface area contributed by atoms with Crippen molar-refractivity contribution in [3.8, 4) is 5.75 Å². The molecule has 0 radical (unpaired) electrons. The smallest absolute Gasteiger partial charge is 0.164 e. The average Bonchev–Trinajstić information content (AvgIpc) is 3.21. The number of rotatable bonds is 6. The number of phenols is 1. The highest BCUT2D eigenvalue weighted by atomic mass is 17.2. The van der Waals surface area contributed by atoms with E-state index in [1.165, 1.54) is 7.11 Å². The molecule has 1 heterocycles. The molecule has 0 fully saturated rings. The van der Waals surface area contributed by atoms with Gasteiger partial charge in [-0.25, -0.2) is 9.78 Å². The number of aromatic hydroxyl groups is 1. The van der Waals surface area contributed by atoms with Gasteiger partial charge in [-0.2, -0.15) is 0 Å². The number of aromatic nitrogens is 1. The standard InChI is InChI=1S/C27H24N2O3/c1-18-10-9-15-22-23-16-19(17-32-31-2)26(27(30)25(23)28-24(18)22)29(20-11-5-3-6-12-20)21-13-7-4-8-14-21/h3-16,28,30H,17H2,1-2H3. The number of aromatic amines is 1. The molecule has 4 aromatic carbocycles. The van der Waals surface area contributed by atoms with Crippen molar-refractivity contribution in [1.29, 1.82) is 0 Å². The van der Waals surface area contributed by atoms with Gasteiger partial charge < -0.3 is 15.0 Å². The van der Waals surface area contributed by atoms with Gasteiger partial charge in [-0.05, 0) is 42.8 Å².